The molecule has 2 unspecified atom stereocenters. The SMILES string of the molecule is CS(=O)(=O)N1CCC(O)(c2ccc(N3CCN(C(=O)NC4C5CC6CC4CC(O)(C6)C5)c4ccccc43)cc2)CC1. The van der Waals surface area contributed by atoms with Crippen LogP contribution >= 0.6 is 0 Å². The molecule has 2 atom stereocenters. The van der Waals surface area contributed by atoms with Crippen LogP contribution in [0.1, 0.15) is 50.5 Å². The van der Waals surface area contributed by atoms with E-state index in [4.69, 9.17) is 0 Å². The number of carbonyl (C=O) groups is 1. The second-order valence-electron chi connectivity index (χ2n) is 13.2. The van der Waals surface area contributed by atoms with Gasteiger partial charge in [-0.25, -0.2) is 17.5 Å². The zero-order valence-corrected chi connectivity index (χ0v) is 24.4. The Labute approximate surface area is 242 Å². The van der Waals surface area contributed by atoms with E-state index in [0.717, 1.165) is 54.7 Å². The fraction of sp³-hybridized carbons (Fsp3) is 0.581. The summed E-state index contributed by atoms with van der Waals surface area (Å²) in [6.07, 6.45) is 6.67. The third kappa shape index (κ3) is 4.82. The molecule has 9 nitrogen and oxygen atoms in total. The first-order valence-electron chi connectivity index (χ1n) is 15.0. The Hall–Kier alpha value is -2.66. The lowest BCUT2D eigenvalue weighted by molar-refractivity contribution is -0.136. The average molecular weight is 581 g/mol. The van der Waals surface area contributed by atoms with Gasteiger partial charge in [-0.2, -0.15) is 0 Å². The zero-order chi connectivity index (χ0) is 28.6. The first-order chi connectivity index (χ1) is 19.5. The number of para-hydroxylation sites is 2. The molecule has 1 saturated heterocycles. The van der Waals surface area contributed by atoms with Crippen molar-refractivity contribution < 1.29 is 23.4 Å². The summed E-state index contributed by atoms with van der Waals surface area (Å²) in [6, 6.07) is 15.9. The Balaban J connectivity index is 1.06. The molecule has 4 aliphatic carbocycles. The molecule has 2 aromatic rings. The standard InChI is InChI=1S/C31H40N4O5S/c1-41(39,40)33-12-10-31(38,11-13-33)24-6-8-25(9-7-24)34-14-15-35(27-5-3-2-4-26(27)34)29(36)32-28-22-16-21-17-23(28)20-30(37,18-21)19-22/h2-9,21-23,28,37-38H,10-20H2,1H3,(H,32,36). The highest BCUT2D eigenvalue weighted by Crippen LogP contribution is 2.55. The molecule has 2 aromatic carbocycles. The van der Waals surface area contributed by atoms with E-state index >= 15 is 0 Å². The second kappa shape index (κ2) is 9.69. The number of urea groups is 1. The molecule has 4 bridgehead atoms. The molecule has 3 N–H and O–H groups in total. The number of anilines is 3. The van der Waals surface area contributed by atoms with Crippen LogP contribution in [0.5, 0.6) is 0 Å². The lowest BCUT2D eigenvalue weighted by Crippen LogP contribution is -2.63. The number of hydrogen-bond acceptors (Lipinski definition) is 6. The van der Waals surface area contributed by atoms with Crippen LogP contribution in [-0.4, -0.2) is 73.0 Å². The van der Waals surface area contributed by atoms with E-state index in [9.17, 15) is 23.4 Å². The smallest absolute Gasteiger partial charge is 0.322 e. The summed E-state index contributed by atoms with van der Waals surface area (Å²) in [4.78, 5) is 17.7. The van der Waals surface area contributed by atoms with Crippen LogP contribution in [0.2, 0.25) is 0 Å². The van der Waals surface area contributed by atoms with Crippen molar-refractivity contribution in [3.05, 3.63) is 54.1 Å². The summed E-state index contributed by atoms with van der Waals surface area (Å²) >= 11 is 0. The van der Waals surface area contributed by atoms with Crippen LogP contribution in [0.4, 0.5) is 21.9 Å². The van der Waals surface area contributed by atoms with Gasteiger partial charge in [0.25, 0.3) is 0 Å². The predicted molar refractivity (Wildman–Crippen MR) is 158 cm³/mol. The quantitative estimate of drug-likeness (QED) is 0.510. The maximum atomic E-state index is 13.7. The fourth-order valence-corrected chi connectivity index (χ4v) is 9.55. The van der Waals surface area contributed by atoms with Crippen molar-refractivity contribution in [3.63, 3.8) is 0 Å². The highest BCUT2D eigenvalue weighted by molar-refractivity contribution is 7.88. The van der Waals surface area contributed by atoms with Gasteiger partial charge in [-0.15, -0.1) is 0 Å². The predicted octanol–water partition coefficient (Wildman–Crippen LogP) is 3.54. The van der Waals surface area contributed by atoms with Gasteiger partial charge in [-0.3, -0.25) is 4.90 Å². The topological polar surface area (TPSA) is 113 Å². The molecule has 41 heavy (non-hydrogen) atoms. The van der Waals surface area contributed by atoms with Gasteiger partial charge in [0.1, 0.15) is 0 Å². The minimum Gasteiger partial charge on any atom is -0.390 e. The first kappa shape index (κ1) is 27.2. The molecule has 0 spiro atoms. The number of fused-ring (bicyclic) bond motifs is 1. The van der Waals surface area contributed by atoms with Crippen LogP contribution in [0.15, 0.2) is 48.5 Å². The molecule has 6 aliphatic rings. The van der Waals surface area contributed by atoms with Gasteiger partial charge in [0.2, 0.25) is 10.0 Å². The number of sulfonamides is 1. The van der Waals surface area contributed by atoms with E-state index in [2.05, 4.69) is 10.2 Å². The van der Waals surface area contributed by atoms with Crippen LogP contribution in [0, 0.1) is 17.8 Å². The third-order valence-electron chi connectivity index (χ3n) is 10.5. The van der Waals surface area contributed by atoms with E-state index in [0.29, 0.717) is 56.8 Å². The van der Waals surface area contributed by atoms with Crippen molar-refractivity contribution in [2.75, 3.05) is 42.2 Å². The summed E-state index contributed by atoms with van der Waals surface area (Å²) in [7, 11) is -3.26. The molecule has 4 saturated carbocycles. The molecule has 10 heteroatoms. The number of nitrogens with zero attached hydrogens (tertiary/aromatic N) is 3. The second-order valence-corrected chi connectivity index (χ2v) is 15.2. The molecule has 220 valence electrons. The Morgan fingerprint density at radius 1 is 0.878 bits per heavy atom. The van der Waals surface area contributed by atoms with Crippen molar-refractivity contribution >= 4 is 33.1 Å². The van der Waals surface area contributed by atoms with E-state index in [1.165, 1.54) is 10.6 Å². The summed E-state index contributed by atoms with van der Waals surface area (Å²) in [5.41, 5.74) is 2.03. The van der Waals surface area contributed by atoms with Crippen molar-refractivity contribution in [1.29, 1.82) is 0 Å². The highest BCUT2D eigenvalue weighted by Gasteiger charge is 2.55. The lowest BCUT2D eigenvalue weighted by Gasteiger charge is -2.58. The lowest BCUT2D eigenvalue weighted by atomic mass is 9.52. The number of piperidine rings is 1. The van der Waals surface area contributed by atoms with E-state index in [-0.39, 0.29) is 12.1 Å². The largest absolute Gasteiger partial charge is 0.390 e. The van der Waals surface area contributed by atoms with Crippen molar-refractivity contribution in [1.82, 2.24) is 9.62 Å². The van der Waals surface area contributed by atoms with Crippen LogP contribution in [0.25, 0.3) is 0 Å². The van der Waals surface area contributed by atoms with Gasteiger partial charge in [-0.05, 0) is 92.5 Å². The molecule has 2 amide bonds. The van der Waals surface area contributed by atoms with Crippen LogP contribution in [0.3, 0.4) is 0 Å². The van der Waals surface area contributed by atoms with Crippen LogP contribution < -0.4 is 15.1 Å². The number of rotatable bonds is 4. The van der Waals surface area contributed by atoms with E-state index in [1.54, 1.807) is 0 Å². The minimum absolute atomic E-state index is 0.0560. The number of amides is 2. The number of benzene rings is 2. The van der Waals surface area contributed by atoms with Crippen molar-refractivity contribution in [2.45, 2.75) is 62.2 Å². The summed E-state index contributed by atoms with van der Waals surface area (Å²) < 4.78 is 25.2. The molecule has 0 radical (unpaired) electrons. The van der Waals surface area contributed by atoms with Gasteiger partial charge in [0.05, 0.1) is 28.8 Å². The Morgan fingerprint density at radius 3 is 2.12 bits per heavy atom. The number of nitrogens with one attached hydrogen (secondary N) is 1. The van der Waals surface area contributed by atoms with Gasteiger partial charge < -0.3 is 20.4 Å². The maximum absolute atomic E-state index is 13.7. The molecule has 2 heterocycles. The van der Waals surface area contributed by atoms with Crippen molar-refractivity contribution in [3.8, 4) is 0 Å². The average Bonchev–Trinajstić information content (AvgIpc) is 2.93. The summed E-state index contributed by atoms with van der Waals surface area (Å²) in [6.45, 7) is 1.79. The number of carbonyl (C=O) groups excluding carboxylic acids is 1. The first-order valence-corrected chi connectivity index (χ1v) is 16.8. The maximum Gasteiger partial charge on any atom is 0.322 e. The molecule has 8 rings (SSSR count). The molecular formula is C31H40N4O5S. The molecule has 2 aliphatic heterocycles. The minimum atomic E-state index is -3.26. The highest BCUT2D eigenvalue weighted by atomic mass is 32.2. The summed E-state index contributed by atoms with van der Waals surface area (Å²) in [5, 5.41) is 25.6. The van der Waals surface area contributed by atoms with Gasteiger partial charge in [-0.1, -0.05) is 24.3 Å². The Morgan fingerprint density at radius 2 is 1.51 bits per heavy atom. The summed E-state index contributed by atoms with van der Waals surface area (Å²) in [5.74, 6) is 1.32. The van der Waals surface area contributed by atoms with Gasteiger partial charge >= 0.3 is 6.03 Å². The number of aliphatic hydroxyl groups is 2. The number of hydrogen-bond donors (Lipinski definition) is 3. The fourth-order valence-electron chi connectivity index (χ4n) is 8.71. The van der Waals surface area contributed by atoms with Gasteiger partial charge in [0, 0.05) is 37.9 Å². The van der Waals surface area contributed by atoms with Crippen LogP contribution in [-0.2, 0) is 15.6 Å². The monoisotopic (exact) mass is 580 g/mol. The van der Waals surface area contributed by atoms with Crippen molar-refractivity contribution in [2.24, 2.45) is 17.8 Å². The molecular weight excluding hydrogens is 540 g/mol. The third-order valence-corrected chi connectivity index (χ3v) is 11.8. The Kier molecular flexibility index (Phi) is 6.43. The van der Waals surface area contributed by atoms with E-state index in [1.807, 2.05) is 53.4 Å². The van der Waals surface area contributed by atoms with E-state index < -0.39 is 21.2 Å². The van der Waals surface area contributed by atoms with Gasteiger partial charge in [0.15, 0.2) is 0 Å². The zero-order valence-electron chi connectivity index (χ0n) is 23.6. The molecule has 5 fully saturated rings. The normalized spacial score (nSPS) is 32.6. The Bertz CT molecular complexity index is 1420. The molecule has 0 aromatic heterocycles.